The van der Waals surface area contributed by atoms with Gasteiger partial charge in [0.1, 0.15) is 17.2 Å². The highest BCUT2D eigenvalue weighted by Gasteiger charge is 2.25. The van der Waals surface area contributed by atoms with Crippen LogP contribution in [0, 0.1) is 0 Å². The number of anilines is 1. The standard InChI is InChI=1S/C18H30N4O2/c1-17(2,3)15-19-10-7-14(21-15)22-11-8-13(9-12-22)20-16(23)24-18(4,5)6/h7,10,13H,8-9,11-12H2,1-6H3,(H,20,23). The van der Waals surface area contributed by atoms with Gasteiger partial charge in [-0.2, -0.15) is 0 Å². The zero-order chi connectivity index (χ0) is 18.0. The Balaban J connectivity index is 1.90. The van der Waals surface area contributed by atoms with E-state index in [9.17, 15) is 4.79 Å². The number of nitrogens with one attached hydrogen (secondary N) is 1. The summed E-state index contributed by atoms with van der Waals surface area (Å²) in [5, 5.41) is 2.96. The minimum absolute atomic E-state index is 0.0629. The Morgan fingerprint density at radius 1 is 1.21 bits per heavy atom. The van der Waals surface area contributed by atoms with E-state index < -0.39 is 5.60 Å². The van der Waals surface area contributed by atoms with E-state index in [1.807, 2.05) is 33.0 Å². The van der Waals surface area contributed by atoms with Gasteiger partial charge in [0.25, 0.3) is 0 Å². The summed E-state index contributed by atoms with van der Waals surface area (Å²) in [6, 6.07) is 2.11. The molecule has 0 saturated carbocycles. The van der Waals surface area contributed by atoms with Gasteiger partial charge in [-0.3, -0.25) is 0 Å². The first-order valence-corrected chi connectivity index (χ1v) is 8.62. The van der Waals surface area contributed by atoms with Gasteiger partial charge in [0.15, 0.2) is 0 Å². The number of hydrogen-bond donors (Lipinski definition) is 1. The minimum atomic E-state index is -0.463. The molecule has 1 aliphatic rings. The van der Waals surface area contributed by atoms with Crippen LogP contribution in [-0.2, 0) is 10.2 Å². The van der Waals surface area contributed by atoms with Crippen LogP contribution in [0.2, 0.25) is 0 Å². The van der Waals surface area contributed by atoms with E-state index in [4.69, 9.17) is 9.72 Å². The maximum Gasteiger partial charge on any atom is 0.407 e. The third-order valence-electron chi connectivity index (χ3n) is 3.85. The molecule has 0 aromatic carbocycles. The molecule has 134 valence electrons. The molecule has 0 aliphatic carbocycles. The fourth-order valence-corrected chi connectivity index (χ4v) is 2.61. The lowest BCUT2D eigenvalue weighted by atomic mass is 9.96. The molecule has 0 radical (unpaired) electrons. The molecule has 1 aromatic rings. The summed E-state index contributed by atoms with van der Waals surface area (Å²) < 4.78 is 5.32. The number of aromatic nitrogens is 2. The summed E-state index contributed by atoms with van der Waals surface area (Å²) in [4.78, 5) is 23.2. The van der Waals surface area contributed by atoms with Crippen molar-refractivity contribution >= 4 is 11.9 Å². The summed E-state index contributed by atoms with van der Waals surface area (Å²) in [7, 11) is 0. The Labute approximate surface area is 145 Å². The first kappa shape index (κ1) is 18.5. The molecule has 0 atom stereocenters. The molecule has 6 nitrogen and oxygen atoms in total. The number of hydrogen-bond acceptors (Lipinski definition) is 5. The number of ether oxygens (including phenoxy) is 1. The number of piperidine rings is 1. The summed E-state index contributed by atoms with van der Waals surface area (Å²) in [5.41, 5.74) is -0.526. The predicted molar refractivity (Wildman–Crippen MR) is 95.3 cm³/mol. The van der Waals surface area contributed by atoms with E-state index in [1.165, 1.54) is 0 Å². The molecule has 1 saturated heterocycles. The number of amides is 1. The smallest absolute Gasteiger partial charge is 0.407 e. The third-order valence-corrected chi connectivity index (χ3v) is 3.85. The molecule has 6 heteroatoms. The Hall–Kier alpha value is -1.85. The van der Waals surface area contributed by atoms with Crippen molar-refractivity contribution in [2.24, 2.45) is 0 Å². The van der Waals surface area contributed by atoms with E-state index in [1.54, 1.807) is 0 Å². The van der Waals surface area contributed by atoms with Crippen molar-refractivity contribution in [2.45, 2.75) is 71.4 Å². The number of carbonyl (C=O) groups is 1. The number of nitrogens with zero attached hydrogens (tertiary/aromatic N) is 3. The van der Waals surface area contributed by atoms with Crippen LogP contribution in [0.4, 0.5) is 10.6 Å². The van der Waals surface area contributed by atoms with Crippen molar-refractivity contribution < 1.29 is 9.53 Å². The first-order valence-electron chi connectivity index (χ1n) is 8.62. The van der Waals surface area contributed by atoms with Crippen LogP contribution in [0.15, 0.2) is 12.3 Å². The molecule has 1 fully saturated rings. The lowest BCUT2D eigenvalue weighted by Crippen LogP contribution is -2.46. The van der Waals surface area contributed by atoms with Gasteiger partial charge in [-0.15, -0.1) is 0 Å². The molecule has 1 aromatic heterocycles. The van der Waals surface area contributed by atoms with Crippen LogP contribution in [0.3, 0.4) is 0 Å². The summed E-state index contributed by atoms with van der Waals surface area (Å²) in [6.07, 6.45) is 3.26. The van der Waals surface area contributed by atoms with Gasteiger partial charge < -0.3 is 15.0 Å². The van der Waals surface area contributed by atoms with Gasteiger partial charge in [-0.1, -0.05) is 20.8 Å². The minimum Gasteiger partial charge on any atom is -0.444 e. The van der Waals surface area contributed by atoms with E-state index >= 15 is 0 Å². The third kappa shape index (κ3) is 5.35. The molecule has 2 heterocycles. The Morgan fingerprint density at radius 2 is 1.83 bits per heavy atom. The van der Waals surface area contributed by atoms with Crippen molar-refractivity contribution in [3.63, 3.8) is 0 Å². The fourth-order valence-electron chi connectivity index (χ4n) is 2.61. The van der Waals surface area contributed by atoms with Gasteiger partial charge in [-0.25, -0.2) is 14.8 Å². The average Bonchev–Trinajstić information content (AvgIpc) is 2.45. The molecular formula is C18H30N4O2. The molecule has 0 bridgehead atoms. The van der Waals surface area contributed by atoms with Crippen molar-refractivity contribution in [1.29, 1.82) is 0 Å². The lowest BCUT2D eigenvalue weighted by molar-refractivity contribution is 0.0497. The summed E-state index contributed by atoms with van der Waals surface area (Å²) in [5.74, 6) is 1.82. The normalized spacial score (nSPS) is 16.8. The number of carbonyl (C=O) groups excluding carboxylic acids is 1. The molecule has 0 spiro atoms. The molecular weight excluding hydrogens is 304 g/mol. The van der Waals surface area contributed by atoms with Gasteiger partial charge in [0.2, 0.25) is 0 Å². The molecule has 1 aliphatic heterocycles. The summed E-state index contributed by atoms with van der Waals surface area (Å²) in [6.45, 7) is 13.7. The first-order chi connectivity index (χ1) is 11.0. The zero-order valence-electron chi connectivity index (χ0n) is 15.7. The number of rotatable bonds is 2. The van der Waals surface area contributed by atoms with Crippen molar-refractivity contribution in [2.75, 3.05) is 18.0 Å². The van der Waals surface area contributed by atoms with Crippen molar-refractivity contribution in [3.8, 4) is 0 Å². The molecule has 1 amide bonds. The van der Waals surface area contributed by atoms with Gasteiger partial charge in [0, 0.05) is 30.7 Å². The largest absolute Gasteiger partial charge is 0.444 e. The van der Waals surface area contributed by atoms with E-state index in [0.717, 1.165) is 37.6 Å². The SMILES string of the molecule is CC(C)(C)OC(=O)NC1CCN(c2ccnc(C(C)(C)C)n2)CC1. The Kier molecular flexibility index (Phi) is 5.35. The zero-order valence-corrected chi connectivity index (χ0v) is 15.7. The monoisotopic (exact) mass is 334 g/mol. The maximum absolute atomic E-state index is 11.9. The molecule has 24 heavy (non-hydrogen) atoms. The topological polar surface area (TPSA) is 67.3 Å². The Bertz CT molecular complexity index is 567. The highest BCUT2D eigenvalue weighted by molar-refractivity contribution is 5.68. The second kappa shape index (κ2) is 6.95. The molecule has 2 rings (SSSR count). The van der Waals surface area contributed by atoms with Crippen molar-refractivity contribution in [3.05, 3.63) is 18.1 Å². The van der Waals surface area contributed by atoms with Gasteiger partial charge in [-0.05, 0) is 39.7 Å². The van der Waals surface area contributed by atoms with Gasteiger partial charge >= 0.3 is 6.09 Å². The Morgan fingerprint density at radius 3 is 2.38 bits per heavy atom. The molecule has 0 unspecified atom stereocenters. The summed E-state index contributed by atoms with van der Waals surface area (Å²) >= 11 is 0. The van der Waals surface area contributed by atoms with Crippen molar-refractivity contribution in [1.82, 2.24) is 15.3 Å². The van der Waals surface area contributed by atoms with E-state index in [2.05, 4.69) is 36.0 Å². The quantitative estimate of drug-likeness (QED) is 0.899. The molecule has 1 N–H and O–H groups in total. The maximum atomic E-state index is 11.9. The van der Waals surface area contributed by atoms with Gasteiger partial charge in [0.05, 0.1) is 0 Å². The van der Waals surface area contributed by atoms with Crippen LogP contribution in [0.1, 0.15) is 60.2 Å². The second-order valence-corrected chi connectivity index (χ2v) is 8.40. The van der Waals surface area contributed by atoms with Crippen LogP contribution < -0.4 is 10.2 Å². The predicted octanol–water partition coefficient (Wildman–Crippen LogP) is 3.27. The lowest BCUT2D eigenvalue weighted by Gasteiger charge is -2.34. The van der Waals surface area contributed by atoms with Crippen LogP contribution >= 0.6 is 0 Å². The highest BCUT2D eigenvalue weighted by atomic mass is 16.6. The number of alkyl carbamates (subject to hydrolysis) is 1. The van der Waals surface area contributed by atoms with E-state index in [0.29, 0.717) is 0 Å². The fraction of sp³-hybridized carbons (Fsp3) is 0.722. The van der Waals surface area contributed by atoms with Crippen LogP contribution in [-0.4, -0.2) is 40.8 Å². The average molecular weight is 334 g/mol. The van der Waals surface area contributed by atoms with Crippen LogP contribution in [0.25, 0.3) is 0 Å². The highest BCUT2D eigenvalue weighted by Crippen LogP contribution is 2.22. The van der Waals surface area contributed by atoms with Crippen LogP contribution in [0.5, 0.6) is 0 Å². The van der Waals surface area contributed by atoms with E-state index in [-0.39, 0.29) is 17.6 Å². The second-order valence-electron chi connectivity index (χ2n) is 8.40.